The fourth-order valence-electron chi connectivity index (χ4n) is 7.03. The highest BCUT2D eigenvalue weighted by molar-refractivity contribution is 5.99. The van der Waals surface area contributed by atoms with Crippen LogP contribution in [0.3, 0.4) is 0 Å². The first kappa shape index (κ1) is 26.3. The molecule has 38 heavy (non-hydrogen) atoms. The minimum atomic E-state index is -1.58. The molecule has 6 nitrogen and oxygen atoms in total. The fourth-order valence-corrected chi connectivity index (χ4v) is 7.03. The Hall–Kier alpha value is -3.28. The summed E-state index contributed by atoms with van der Waals surface area (Å²) in [6.45, 7) is 6.67. The van der Waals surface area contributed by atoms with Crippen LogP contribution in [0, 0.1) is 11.8 Å². The highest BCUT2D eigenvalue weighted by Gasteiger charge is 2.71. The van der Waals surface area contributed by atoms with E-state index in [4.69, 9.17) is 18.9 Å². The van der Waals surface area contributed by atoms with E-state index in [1.807, 2.05) is 30.4 Å². The number of esters is 2. The molecule has 0 N–H and O–H groups in total. The molecular formula is C32H38O6. The van der Waals surface area contributed by atoms with Crippen molar-refractivity contribution in [1.29, 1.82) is 0 Å². The average Bonchev–Trinajstić information content (AvgIpc) is 3.25. The second-order valence-electron chi connectivity index (χ2n) is 11.6. The number of carbonyl (C=O) groups excluding carboxylic acids is 2. The number of fused-ring (bicyclic) bond motifs is 3. The summed E-state index contributed by atoms with van der Waals surface area (Å²) in [4.78, 5) is 28.1. The van der Waals surface area contributed by atoms with Crippen LogP contribution in [0.5, 0.6) is 11.5 Å². The van der Waals surface area contributed by atoms with Crippen molar-refractivity contribution in [2.24, 2.45) is 11.8 Å². The Kier molecular flexibility index (Phi) is 6.79. The van der Waals surface area contributed by atoms with E-state index in [0.29, 0.717) is 23.0 Å². The molecule has 0 amide bonds. The van der Waals surface area contributed by atoms with E-state index in [1.54, 1.807) is 13.2 Å². The molecule has 5 atom stereocenters. The summed E-state index contributed by atoms with van der Waals surface area (Å²) < 4.78 is 23.9. The van der Waals surface area contributed by atoms with Crippen molar-refractivity contribution in [3.63, 3.8) is 0 Å². The second kappa shape index (κ2) is 9.79. The van der Waals surface area contributed by atoms with Crippen molar-refractivity contribution in [1.82, 2.24) is 0 Å². The van der Waals surface area contributed by atoms with Crippen LogP contribution in [0.25, 0.3) is 0 Å². The maximum absolute atomic E-state index is 14.4. The van der Waals surface area contributed by atoms with Crippen LogP contribution < -0.4 is 9.47 Å². The largest absolute Gasteiger partial charge is 0.493 e. The average molecular weight is 519 g/mol. The van der Waals surface area contributed by atoms with Gasteiger partial charge in [0.2, 0.25) is 5.60 Å². The third-order valence-corrected chi connectivity index (χ3v) is 9.24. The number of allylic oxidation sites excluding steroid dienone is 1. The number of hydrogen-bond donors (Lipinski definition) is 0. The Morgan fingerprint density at radius 1 is 0.947 bits per heavy atom. The lowest BCUT2D eigenvalue weighted by Gasteiger charge is -2.46. The predicted octanol–water partition coefficient (Wildman–Crippen LogP) is 5.91. The zero-order valence-corrected chi connectivity index (χ0v) is 23.0. The molecule has 1 aliphatic heterocycles. The van der Waals surface area contributed by atoms with Gasteiger partial charge in [0, 0.05) is 17.9 Å². The standard InChI is InChI=1S/C32H38O6/c1-21-16-17-23(30(2,3)22-12-7-6-8-13-22)26(20-21)37-29(34)32-19-10-9-18-31(32,28(33)36-5)24-14-11-15-25(35-4)27(24)38-32/h6-15,21,23,26H,16-20H2,1-5H3/t21-,23-,26-,31-,32+/m1/s1. The van der Waals surface area contributed by atoms with E-state index >= 15 is 0 Å². The predicted molar refractivity (Wildman–Crippen MR) is 144 cm³/mol. The van der Waals surface area contributed by atoms with Crippen LogP contribution in [0.4, 0.5) is 0 Å². The van der Waals surface area contributed by atoms with Crippen molar-refractivity contribution in [3.05, 3.63) is 71.8 Å². The molecule has 1 saturated carbocycles. The molecule has 5 rings (SSSR count). The molecule has 202 valence electrons. The first-order chi connectivity index (χ1) is 18.2. The van der Waals surface area contributed by atoms with Gasteiger partial charge in [-0.2, -0.15) is 0 Å². The van der Waals surface area contributed by atoms with Gasteiger partial charge in [-0.3, -0.25) is 4.79 Å². The van der Waals surface area contributed by atoms with Crippen molar-refractivity contribution in [2.45, 2.75) is 75.4 Å². The molecule has 1 fully saturated rings. The minimum Gasteiger partial charge on any atom is -0.493 e. The lowest BCUT2D eigenvalue weighted by atomic mass is 9.62. The monoisotopic (exact) mass is 518 g/mol. The van der Waals surface area contributed by atoms with Gasteiger partial charge in [0.25, 0.3) is 0 Å². The van der Waals surface area contributed by atoms with Gasteiger partial charge in [-0.05, 0) is 42.2 Å². The van der Waals surface area contributed by atoms with Crippen molar-refractivity contribution in [2.75, 3.05) is 14.2 Å². The normalized spacial score (nSPS) is 30.0. The Morgan fingerprint density at radius 2 is 1.68 bits per heavy atom. The molecule has 2 aromatic rings. The molecule has 0 saturated heterocycles. The first-order valence-corrected chi connectivity index (χ1v) is 13.6. The maximum atomic E-state index is 14.4. The summed E-state index contributed by atoms with van der Waals surface area (Å²) >= 11 is 0. The summed E-state index contributed by atoms with van der Waals surface area (Å²) in [5, 5.41) is 0. The zero-order valence-electron chi connectivity index (χ0n) is 23.0. The third kappa shape index (κ3) is 3.83. The number of rotatable bonds is 6. The number of carbonyl (C=O) groups is 2. The Balaban J connectivity index is 1.56. The number of hydrogen-bond acceptors (Lipinski definition) is 6. The Morgan fingerprint density at radius 3 is 2.39 bits per heavy atom. The molecule has 2 aliphatic carbocycles. The summed E-state index contributed by atoms with van der Waals surface area (Å²) in [7, 11) is 2.90. The summed E-state index contributed by atoms with van der Waals surface area (Å²) in [5.41, 5.74) is -1.32. The fraction of sp³-hybridized carbons (Fsp3) is 0.500. The van der Waals surface area contributed by atoms with E-state index in [-0.39, 0.29) is 30.3 Å². The van der Waals surface area contributed by atoms with Gasteiger partial charge in [-0.15, -0.1) is 0 Å². The van der Waals surface area contributed by atoms with Crippen LogP contribution in [0.1, 0.15) is 64.0 Å². The number of ether oxygens (including phenoxy) is 4. The van der Waals surface area contributed by atoms with E-state index in [1.165, 1.54) is 12.7 Å². The first-order valence-electron chi connectivity index (χ1n) is 13.6. The van der Waals surface area contributed by atoms with Crippen LogP contribution in [-0.4, -0.2) is 37.9 Å². The molecule has 2 aromatic carbocycles. The highest BCUT2D eigenvalue weighted by atomic mass is 16.6. The van der Waals surface area contributed by atoms with Crippen LogP contribution >= 0.6 is 0 Å². The molecule has 3 aliphatic rings. The molecule has 6 heteroatoms. The van der Waals surface area contributed by atoms with Gasteiger partial charge in [-0.25, -0.2) is 4.79 Å². The van der Waals surface area contributed by atoms with Crippen molar-refractivity contribution >= 4 is 11.9 Å². The van der Waals surface area contributed by atoms with Crippen molar-refractivity contribution < 1.29 is 28.5 Å². The van der Waals surface area contributed by atoms with E-state index in [2.05, 4.69) is 45.0 Å². The molecule has 0 unspecified atom stereocenters. The van der Waals surface area contributed by atoms with Crippen molar-refractivity contribution in [3.8, 4) is 11.5 Å². The number of para-hydroxylation sites is 1. The molecule has 0 bridgehead atoms. The van der Waals surface area contributed by atoms with E-state index < -0.39 is 23.0 Å². The van der Waals surface area contributed by atoms with E-state index in [0.717, 1.165) is 19.3 Å². The van der Waals surface area contributed by atoms with Crippen LogP contribution in [0.15, 0.2) is 60.7 Å². The van der Waals surface area contributed by atoms with Gasteiger partial charge < -0.3 is 18.9 Å². The summed E-state index contributed by atoms with van der Waals surface area (Å²) in [6.07, 6.45) is 6.77. The SMILES string of the molecule is COC(=O)[C@]12CC=CC[C@@]1(C(=O)O[C@@H]1C[C@H](C)CC[C@H]1C(C)(C)c1ccccc1)Oc1c(OC)cccc12. The van der Waals surface area contributed by atoms with Gasteiger partial charge in [0.1, 0.15) is 6.10 Å². The highest BCUT2D eigenvalue weighted by Crippen LogP contribution is 2.59. The molecule has 0 radical (unpaired) electrons. The summed E-state index contributed by atoms with van der Waals surface area (Å²) in [6, 6.07) is 15.8. The third-order valence-electron chi connectivity index (χ3n) is 9.24. The molecule has 0 spiro atoms. The van der Waals surface area contributed by atoms with Gasteiger partial charge in [0.15, 0.2) is 16.9 Å². The smallest absolute Gasteiger partial charge is 0.352 e. The van der Waals surface area contributed by atoms with Crippen LogP contribution in [0.2, 0.25) is 0 Å². The quantitative estimate of drug-likeness (QED) is 0.350. The molecule has 1 heterocycles. The van der Waals surface area contributed by atoms with Gasteiger partial charge >= 0.3 is 11.9 Å². The minimum absolute atomic E-state index is 0.117. The maximum Gasteiger partial charge on any atom is 0.352 e. The second-order valence-corrected chi connectivity index (χ2v) is 11.6. The Labute approximate surface area is 225 Å². The van der Waals surface area contributed by atoms with Gasteiger partial charge in [-0.1, -0.05) is 81.8 Å². The summed E-state index contributed by atoms with van der Waals surface area (Å²) in [5.74, 6) is 0.390. The zero-order chi connectivity index (χ0) is 27.1. The number of benzene rings is 2. The van der Waals surface area contributed by atoms with Gasteiger partial charge in [0.05, 0.1) is 14.2 Å². The number of methoxy groups -OCH3 is 2. The molecular weight excluding hydrogens is 480 g/mol. The lowest BCUT2D eigenvalue weighted by molar-refractivity contribution is -0.186. The van der Waals surface area contributed by atoms with Crippen LogP contribution in [-0.2, 0) is 29.9 Å². The lowest BCUT2D eigenvalue weighted by Crippen LogP contribution is -2.63. The topological polar surface area (TPSA) is 71.1 Å². The Bertz CT molecular complexity index is 1230. The molecule has 0 aromatic heterocycles. The van der Waals surface area contributed by atoms with E-state index in [9.17, 15) is 9.59 Å².